The van der Waals surface area contributed by atoms with Crippen LogP contribution >= 0.6 is 0 Å². The van der Waals surface area contributed by atoms with E-state index in [1.807, 2.05) is 12.1 Å². The molecule has 0 spiro atoms. The lowest BCUT2D eigenvalue weighted by Gasteiger charge is -2.15. The summed E-state index contributed by atoms with van der Waals surface area (Å²) in [5.74, 6) is 2.33. The van der Waals surface area contributed by atoms with Crippen LogP contribution in [0.2, 0.25) is 0 Å². The molecular weight excluding hydrogens is 226 g/mol. The fourth-order valence-electron chi connectivity index (χ4n) is 1.72. The molecule has 1 N–H and O–H groups in total. The van der Waals surface area contributed by atoms with Gasteiger partial charge in [0.2, 0.25) is 0 Å². The van der Waals surface area contributed by atoms with Gasteiger partial charge in [-0.1, -0.05) is 32.9 Å². The van der Waals surface area contributed by atoms with Gasteiger partial charge >= 0.3 is 0 Å². The largest absolute Gasteiger partial charge is 0.493 e. The Morgan fingerprint density at radius 2 is 2.06 bits per heavy atom. The zero-order valence-electron chi connectivity index (χ0n) is 12.0. The van der Waals surface area contributed by atoms with Crippen LogP contribution in [0.4, 0.5) is 0 Å². The fraction of sp³-hybridized carbons (Fsp3) is 0.600. The standard InChI is InChI=1S/C15H25NO2/c1-5-9-18-15-13(11-16-10-12(2)3)7-6-8-14(15)17-4/h6-8,12,16H,5,9-11H2,1-4H3. The van der Waals surface area contributed by atoms with E-state index >= 15 is 0 Å². The van der Waals surface area contributed by atoms with Crippen LogP contribution < -0.4 is 14.8 Å². The Hall–Kier alpha value is -1.22. The van der Waals surface area contributed by atoms with Gasteiger partial charge < -0.3 is 14.8 Å². The molecule has 0 saturated carbocycles. The number of benzene rings is 1. The Kier molecular flexibility index (Phi) is 6.58. The Labute approximate surface area is 110 Å². The topological polar surface area (TPSA) is 30.5 Å². The number of hydrogen-bond donors (Lipinski definition) is 1. The van der Waals surface area contributed by atoms with Crippen molar-refractivity contribution in [3.63, 3.8) is 0 Å². The van der Waals surface area contributed by atoms with Gasteiger partial charge in [0.15, 0.2) is 11.5 Å². The van der Waals surface area contributed by atoms with E-state index in [0.29, 0.717) is 5.92 Å². The van der Waals surface area contributed by atoms with Crippen molar-refractivity contribution in [1.29, 1.82) is 0 Å². The lowest BCUT2D eigenvalue weighted by atomic mass is 10.1. The van der Waals surface area contributed by atoms with Crippen molar-refractivity contribution in [2.75, 3.05) is 20.3 Å². The van der Waals surface area contributed by atoms with Gasteiger partial charge in [-0.3, -0.25) is 0 Å². The molecule has 0 saturated heterocycles. The second-order valence-electron chi connectivity index (χ2n) is 4.82. The van der Waals surface area contributed by atoms with E-state index in [2.05, 4.69) is 32.2 Å². The van der Waals surface area contributed by atoms with Crippen LogP contribution in [0.1, 0.15) is 32.8 Å². The van der Waals surface area contributed by atoms with E-state index in [4.69, 9.17) is 9.47 Å². The molecule has 3 heteroatoms. The summed E-state index contributed by atoms with van der Waals surface area (Å²) in [6.45, 7) is 9.04. The van der Waals surface area contributed by atoms with E-state index in [9.17, 15) is 0 Å². The second kappa shape index (κ2) is 7.98. The Balaban J connectivity index is 2.74. The van der Waals surface area contributed by atoms with Crippen molar-refractivity contribution < 1.29 is 9.47 Å². The maximum absolute atomic E-state index is 5.80. The van der Waals surface area contributed by atoms with Gasteiger partial charge in [-0.15, -0.1) is 0 Å². The zero-order valence-corrected chi connectivity index (χ0v) is 12.0. The molecule has 0 aliphatic carbocycles. The summed E-state index contributed by atoms with van der Waals surface area (Å²) in [5, 5.41) is 3.43. The molecule has 3 nitrogen and oxygen atoms in total. The quantitative estimate of drug-likeness (QED) is 0.769. The van der Waals surface area contributed by atoms with E-state index in [1.165, 1.54) is 0 Å². The predicted octanol–water partition coefficient (Wildman–Crippen LogP) is 3.23. The molecular formula is C15H25NO2. The first kappa shape index (κ1) is 14.8. The molecule has 18 heavy (non-hydrogen) atoms. The summed E-state index contributed by atoms with van der Waals surface area (Å²) in [4.78, 5) is 0. The first-order valence-corrected chi connectivity index (χ1v) is 6.68. The monoisotopic (exact) mass is 251 g/mol. The normalized spacial score (nSPS) is 10.7. The number of methoxy groups -OCH3 is 1. The van der Waals surface area contributed by atoms with Crippen LogP contribution in [0.25, 0.3) is 0 Å². The van der Waals surface area contributed by atoms with Crippen molar-refractivity contribution in [1.82, 2.24) is 5.32 Å². The second-order valence-corrected chi connectivity index (χ2v) is 4.82. The highest BCUT2D eigenvalue weighted by molar-refractivity contribution is 5.46. The summed E-state index contributed by atoms with van der Waals surface area (Å²) in [6.07, 6.45) is 0.997. The highest BCUT2D eigenvalue weighted by atomic mass is 16.5. The average molecular weight is 251 g/mol. The van der Waals surface area contributed by atoms with Crippen molar-refractivity contribution in [2.45, 2.75) is 33.7 Å². The minimum Gasteiger partial charge on any atom is -0.493 e. The van der Waals surface area contributed by atoms with Crippen LogP contribution in [0.5, 0.6) is 11.5 Å². The minimum atomic E-state index is 0.649. The third-order valence-electron chi connectivity index (χ3n) is 2.60. The molecule has 0 radical (unpaired) electrons. The van der Waals surface area contributed by atoms with Crippen LogP contribution in [0.3, 0.4) is 0 Å². The molecule has 0 fully saturated rings. The van der Waals surface area contributed by atoms with Crippen molar-refractivity contribution in [2.24, 2.45) is 5.92 Å². The highest BCUT2D eigenvalue weighted by Gasteiger charge is 2.10. The number of nitrogens with one attached hydrogen (secondary N) is 1. The third-order valence-corrected chi connectivity index (χ3v) is 2.60. The maximum Gasteiger partial charge on any atom is 0.165 e. The molecule has 1 aromatic carbocycles. The molecule has 0 bridgehead atoms. The molecule has 0 aromatic heterocycles. The Bertz CT molecular complexity index is 350. The van der Waals surface area contributed by atoms with E-state index in [-0.39, 0.29) is 0 Å². The van der Waals surface area contributed by atoms with Crippen LogP contribution in [-0.4, -0.2) is 20.3 Å². The lowest BCUT2D eigenvalue weighted by Crippen LogP contribution is -2.19. The van der Waals surface area contributed by atoms with Gasteiger partial charge in [0, 0.05) is 12.1 Å². The summed E-state index contributed by atoms with van der Waals surface area (Å²) in [7, 11) is 1.68. The van der Waals surface area contributed by atoms with Crippen molar-refractivity contribution in [3.05, 3.63) is 23.8 Å². The number of hydrogen-bond acceptors (Lipinski definition) is 3. The summed E-state index contributed by atoms with van der Waals surface area (Å²) < 4.78 is 11.2. The van der Waals surface area contributed by atoms with Crippen LogP contribution in [0.15, 0.2) is 18.2 Å². The Morgan fingerprint density at radius 1 is 1.28 bits per heavy atom. The minimum absolute atomic E-state index is 0.649. The molecule has 0 aliphatic rings. The van der Waals surface area contributed by atoms with Crippen molar-refractivity contribution in [3.8, 4) is 11.5 Å². The molecule has 1 rings (SSSR count). The molecule has 0 heterocycles. The number of para-hydroxylation sites is 1. The fourth-order valence-corrected chi connectivity index (χ4v) is 1.72. The zero-order chi connectivity index (χ0) is 13.4. The molecule has 1 aromatic rings. The first-order valence-electron chi connectivity index (χ1n) is 6.68. The van der Waals surface area contributed by atoms with Gasteiger partial charge in [-0.2, -0.15) is 0 Å². The van der Waals surface area contributed by atoms with Gasteiger partial charge in [0.25, 0.3) is 0 Å². The maximum atomic E-state index is 5.80. The predicted molar refractivity (Wildman–Crippen MR) is 75.3 cm³/mol. The first-order chi connectivity index (χ1) is 8.69. The van der Waals surface area contributed by atoms with E-state index in [0.717, 1.165) is 43.2 Å². The molecule has 102 valence electrons. The SMILES string of the molecule is CCCOc1c(CNCC(C)C)cccc1OC. The van der Waals surface area contributed by atoms with Gasteiger partial charge in [0.05, 0.1) is 13.7 Å². The van der Waals surface area contributed by atoms with Gasteiger partial charge in [0.1, 0.15) is 0 Å². The van der Waals surface area contributed by atoms with E-state index < -0.39 is 0 Å². The van der Waals surface area contributed by atoms with Crippen molar-refractivity contribution >= 4 is 0 Å². The highest BCUT2D eigenvalue weighted by Crippen LogP contribution is 2.31. The number of ether oxygens (including phenoxy) is 2. The molecule has 0 aliphatic heterocycles. The number of rotatable bonds is 8. The third kappa shape index (κ3) is 4.57. The smallest absolute Gasteiger partial charge is 0.165 e. The van der Waals surface area contributed by atoms with Crippen LogP contribution in [-0.2, 0) is 6.54 Å². The van der Waals surface area contributed by atoms with E-state index in [1.54, 1.807) is 7.11 Å². The summed E-state index contributed by atoms with van der Waals surface area (Å²) in [5.41, 5.74) is 1.16. The lowest BCUT2D eigenvalue weighted by molar-refractivity contribution is 0.290. The van der Waals surface area contributed by atoms with Gasteiger partial charge in [-0.05, 0) is 24.9 Å². The summed E-state index contributed by atoms with van der Waals surface area (Å²) in [6, 6.07) is 6.03. The Morgan fingerprint density at radius 3 is 2.67 bits per heavy atom. The molecule has 0 atom stereocenters. The summed E-state index contributed by atoms with van der Waals surface area (Å²) >= 11 is 0. The van der Waals surface area contributed by atoms with Crippen LogP contribution in [0, 0.1) is 5.92 Å². The average Bonchev–Trinajstić information content (AvgIpc) is 2.36. The molecule has 0 amide bonds. The molecule has 0 unspecified atom stereocenters. The van der Waals surface area contributed by atoms with Gasteiger partial charge in [-0.25, -0.2) is 0 Å².